The van der Waals surface area contributed by atoms with Crippen LogP contribution in [0.25, 0.3) is 0 Å². The van der Waals surface area contributed by atoms with Crippen molar-refractivity contribution < 1.29 is 24.2 Å². The number of carbonyl (C=O) groups is 2. The third-order valence-corrected chi connectivity index (χ3v) is 3.34. The van der Waals surface area contributed by atoms with E-state index in [1.807, 2.05) is 24.3 Å². The standard InChI is InChI=1S/C14H18BrNO5/c1-20-12(14(18)19)9-16-13(17)7-4-8-21-11-6-3-2-5-10(11)15/h2-3,5-6,12H,4,7-9H2,1H3,(H,16,17)(H,18,19). The van der Waals surface area contributed by atoms with E-state index in [2.05, 4.69) is 21.2 Å². The minimum Gasteiger partial charge on any atom is -0.492 e. The number of benzene rings is 1. The molecular weight excluding hydrogens is 342 g/mol. The van der Waals surface area contributed by atoms with E-state index < -0.39 is 12.1 Å². The lowest BCUT2D eigenvalue weighted by Gasteiger charge is -2.11. The van der Waals surface area contributed by atoms with Gasteiger partial charge in [0.2, 0.25) is 5.91 Å². The van der Waals surface area contributed by atoms with Gasteiger partial charge in [0.15, 0.2) is 6.10 Å². The van der Waals surface area contributed by atoms with Crippen molar-refractivity contribution in [2.24, 2.45) is 0 Å². The van der Waals surface area contributed by atoms with Gasteiger partial charge in [-0.2, -0.15) is 0 Å². The number of aliphatic carboxylic acids is 1. The Kier molecular flexibility index (Phi) is 7.78. The van der Waals surface area contributed by atoms with Gasteiger partial charge in [0.05, 0.1) is 17.6 Å². The highest BCUT2D eigenvalue weighted by atomic mass is 79.9. The Balaban J connectivity index is 2.19. The third-order valence-electron chi connectivity index (χ3n) is 2.69. The number of rotatable bonds is 9. The van der Waals surface area contributed by atoms with Crippen LogP contribution in [0.5, 0.6) is 5.75 Å². The molecule has 0 spiro atoms. The van der Waals surface area contributed by atoms with Crippen LogP contribution in [-0.4, -0.2) is 43.3 Å². The SMILES string of the molecule is COC(CNC(=O)CCCOc1ccccc1Br)C(=O)O. The van der Waals surface area contributed by atoms with Crippen molar-refractivity contribution in [3.63, 3.8) is 0 Å². The van der Waals surface area contributed by atoms with Crippen LogP contribution in [0.2, 0.25) is 0 Å². The Labute approximate surface area is 131 Å². The number of ether oxygens (including phenoxy) is 2. The third kappa shape index (κ3) is 6.59. The van der Waals surface area contributed by atoms with Crippen LogP contribution in [0.3, 0.4) is 0 Å². The van der Waals surface area contributed by atoms with Crippen LogP contribution < -0.4 is 10.1 Å². The summed E-state index contributed by atoms with van der Waals surface area (Å²) in [4.78, 5) is 22.2. The smallest absolute Gasteiger partial charge is 0.334 e. The summed E-state index contributed by atoms with van der Waals surface area (Å²) in [6.07, 6.45) is -0.219. The van der Waals surface area contributed by atoms with E-state index in [4.69, 9.17) is 14.6 Å². The van der Waals surface area contributed by atoms with Crippen LogP contribution in [0, 0.1) is 0 Å². The highest BCUT2D eigenvalue weighted by Gasteiger charge is 2.16. The summed E-state index contributed by atoms with van der Waals surface area (Å²) in [5, 5.41) is 11.3. The van der Waals surface area contributed by atoms with Crippen molar-refractivity contribution in [3.05, 3.63) is 28.7 Å². The molecule has 0 fully saturated rings. The molecule has 0 aliphatic rings. The van der Waals surface area contributed by atoms with Crippen molar-refractivity contribution in [2.75, 3.05) is 20.3 Å². The zero-order valence-corrected chi connectivity index (χ0v) is 13.3. The highest BCUT2D eigenvalue weighted by molar-refractivity contribution is 9.10. The number of carboxylic acids is 1. The fourth-order valence-corrected chi connectivity index (χ4v) is 1.94. The second-order valence-electron chi connectivity index (χ2n) is 4.25. The van der Waals surface area contributed by atoms with Gasteiger partial charge < -0.3 is 19.9 Å². The molecule has 1 atom stereocenters. The molecule has 1 amide bonds. The number of hydrogen-bond donors (Lipinski definition) is 2. The molecule has 0 saturated carbocycles. The molecule has 1 aromatic carbocycles. The Bertz CT molecular complexity index is 480. The summed E-state index contributed by atoms with van der Waals surface area (Å²) in [6.45, 7) is 0.360. The van der Waals surface area contributed by atoms with E-state index in [0.29, 0.717) is 13.0 Å². The maximum atomic E-state index is 11.5. The number of carbonyl (C=O) groups excluding carboxylic acids is 1. The minimum atomic E-state index is -1.10. The molecule has 1 aromatic rings. The summed E-state index contributed by atoms with van der Waals surface area (Å²) in [5.41, 5.74) is 0. The van der Waals surface area contributed by atoms with Gasteiger partial charge >= 0.3 is 5.97 Å². The second-order valence-corrected chi connectivity index (χ2v) is 5.10. The quantitative estimate of drug-likeness (QED) is 0.657. The van der Waals surface area contributed by atoms with Crippen molar-refractivity contribution >= 4 is 27.8 Å². The monoisotopic (exact) mass is 359 g/mol. The van der Waals surface area contributed by atoms with E-state index in [9.17, 15) is 9.59 Å². The van der Waals surface area contributed by atoms with Crippen molar-refractivity contribution in [2.45, 2.75) is 18.9 Å². The molecule has 21 heavy (non-hydrogen) atoms. The Hall–Kier alpha value is -1.60. The number of halogens is 1. The van der Waals surface area contributed by atoms with Crippen molar-refractivity contribution in [3.8, 4) is 5.75 Å². The number of methoxy groups -OCH3 is 1. The first kappa shape index (κ1) is 17.5. The predicted octanol–water partition coefficient (Wildman–Crippen LogP) is 1.82. The van der Waals surface area contributed by atoms with Gasteiger partial charge in [0.1, 0.15) is 5.75 Å². The fourth-order valence-electron chi connectivity index (χ4n) is 1.54. The number of para-hydroxylation sites is 1. The molecule has 6 nitrogen and oxygen atoms in total. The Morgan fingerprint density at radius 2 is 2.10 bits per heavy atom. The van der Waals surface area contributed by atoms with Crippen LogP contribution >= 0.6 is 15.9 Å². The molecule has 7 heteroatoms. The van der Waals surface area contributed by atoms with Gasteiger partial charge in [-0.25, -0.2) is 4.79 Å². The summed E-state index contributed by atoms with van der Waals surface area (Å²) >= 11 is 3.37. The number of amides is 1. The maximum absolute atomic E-state index is 11.5. The predicted molar refractivity (Wildman–Crippen MR) is 80.3 cm³/mol. The minimum absolute atomic E-state index is 0.0459. The van der Waals surface area contributed by atoms with E-state index in [-0.39, 0.29) is 18.9 Å². The lowest BCUT2D eigenvalue weighted by molar-refractivity contribution is -0.148. The normalized spacial score (nSPS) is 11.7. The molecule has 0 aromatic heterocycles. The molecule has 1 unspecified atom stereocenters. The van der Waals surface area contributed by atoms with E-state index in [1.54, 1.807) is 0 Å². The van der Waals surface area contributed by atoms with Crippen LogP contribution in [0.15, 0.2) is 28.7 Å². The largest absolute Gasteiger partial charge is 0.492 e. The molecule has 0 aliphatic heterocycles. The molecular formula is C14H18BrNO5. The molecule has 0 heterocycles. The van der Waals surface area contributed by atoms with Gasteiger partial charge in [0.25, 0.3) is 0 Å². The van der Waals surface area contributed by atoms with Gasteiger partial charge in [-0.15, -0.1) is 0 Å². The summed E-state index contributed by atoms with van der Waals surface area (Å²) in [7, 11) is 1.29. The topological polar surface area (TPSA) is 84.9 Å². The molecule has 0 bridgehead atoms. The molecule has 0 aliphatic carbocycles. The van der Waals surface area contributed by atoms with Crippen LogP contribution in [0.1, 0.15) is 12.8 Å². The Morgan fingerprint density at radius 1 is 1.38 bits per heavy atom. The lowest BCUT2D eigenvalue weighted by Crippen LogP contribution is -2.37. The van der Waals surface area contributed by atoms with Gasteiger partial charge in [-0.3, -0.25) is 4.79 Å². The van der Waals surface area contributed by atoms with Gasteiger partial charge in [-0.1, -0.05) is 12.1 Å². The fraction of sp³-hybridized carbons (Fsp3) is 0.429. The summed E-state index contributed by atoms with van der Waals surface area (Å²) < 4.78 is 11.1. The first-order chi connectivity index (χ1) is 10.0. The maximum Gasteiger partial charge on any atom is 0.334 e. The summed E-state index contributed by atoms with van der Waals surface area (Å²) in [6, 6.07) is 7.46. The van der Waals surface area contributed by atoms with Crippen LogP contribution in [0.4, 0.5) is 0 Å². The zero-order valence-electron chi connectivity index (χ0n) is 11.7. The first-order valence-electron chi connectivity index (χ1n) is 6.44. The van der Waals surface area contributed by atoms with Crippen molar-refractivity contribution in [1.82, 2.24) is 5.32 Å². The Morgan fingerprint density at radius 3 is 2.71 bits per heavy atom. The number of carboxylic acid groups (broad SMARTS) is 1. The number of nitrogens with one attached hydrogen (secondary N) is 1. The molecule has 1 rings (SSSR count). The van der Waals surface area contributed by atoms with Crippen molar-refractivity contribution in [1.29, 1.82) is 0 Å². The van der Waals surface area contributed by atoms with Crippen LogP contribution in [-0.2, 0) is 14.3 Å². The average Bonchev–Trinajstić information content (AvgIpc) is 2.45. The first-order valence-corrected chi connectivity index (χ1v) is 7.23. The summed E-state index contributed by atoms with van der Waals surface area (Å²) in [5.74, 6) is -0.604. The number of hydrogen-bond acceptors (Lipinski definition) is 4. The zero-order chi connectivity index (χ0) is 15.7. The average molecular weight is 360 g/mol. The highest BCUT2D eigenvalue weighted by Crippen LogP contribution is 2.23. The molecule has 0 radical (unpaired) electrons. The van der Waals surface area contributed by atoms with Gasteiger partial charge in [-0.05, 0) is 34.5 Å². The molecule has 116 valence electrons. The van der Waals surface area contributed by atoms with E-state index in [1.165, 1.54) is 7.11 Å². The van der Waals surface area contributed by atoms with E-state index >= 15 is 0 Å². The van der Waals surface area contributed by atoms with Gasteiger partial charge in [0, 0.05) is 13.5 Å². The molecule has 2 N–H and O–H groups in total. The second kappa shape index (κ2) is 9.36. The lowest BCUT2D eigenvalue weighted by atomic mass is 10.3. The molecule has 0 saturated heterocycles. The van der Waals surface area contributed by atoms with E-state index in [0.717, 1.165) is 10.2 Å².